The highest BCUT2D eigenvalue weighted by atomic mass is 19.2. The van der Waals surface area contributed by atoms with E-state index in [1.165, 1.54) is 6.07 Å². The Bertz CT molecular complexity index is 338. The van der Waals surface area contributed by atoms with Gasteiger partial charge in [0.2, 0.25) is 0 Å². The van der Waals surface area contributed by atoms with E-state index in [1.54, 1.807) is 6.07 Å². The van der Waals surface area contributed by atoms with Gasteiger partial charge in [-0.05, 0) is 24.6 Å². The first-order chi connectivity index (χ1) is 7.58. The van der Waals surface area contributed by atoms with Crippen LogP contribution in [0.2, 0.25) is 0 Å². The molecule has 0 aliphatic carbocycles. The van der Waals surface area contributed by atoms with E-state index in [2.05, 4.69) is 6.92 Å². The van der Waals surface area contributed by atoms with Crippen LogP contribution in [0.25, 0.3) is 0 Å². The van der Waals surface area contributed by atoms with E-state index in [-0.39, 0.29) is 0 Å². The molecule has 16 heavy (non-hydrogen) atoms. The summed E-state index contributed by atoms with van der Waals surface area (Å²) in [7, 11) is 1.85. The molecule has 0 fully saturated rings. The lowest BCUT2D eigenvalue weighted by Gasteiger charge is -2.24. The van der Waals surface area contributed by atoms with E-state index in [1.807, 2.05) is 11.9 Å². The average Bonchev–Trinajstić information content (AvgIpc) is 2.29. The van der Waals surface area contributed by atoms with Gasteiger partial charge >= 0.3 is 0 Å². The van der Waals surface area contributed by atoms with Gasteiger partial charge in [0.1, 0.15) is 0 Å². The lowest BCUT2D eigenvalue weighted by Crippen LogP contribution is -2.29. The maximum absolute atomic E-state index is 13.0. The van der Waals surface area contributed by atoms with E-state index in [0.29, 0.717) is 18.2 Å². The van der Waals surface area contributed by atoms with Gasteiger partial charge in [0.05, 0.1) is 0 Å². The van der Waals surface area contributed by atoms with Crippen LogP contribution >= 0.6 is 0 Å². The van der Waals surface area contributed by atoms with Crippen LogP contribution in [0, 0.1) is 17.6 Å². The Morgan fingerprint density at radius 3 is 2.50 bits per heavy atom. The van der Waals surface area contributed by atoms with Crippen LogP contribution < -0.4 is 10.6 Å². The zero-order valence-corrected chi connectivity index (χ0v) is 9.71. The molecular formula is C12H18F2N2. The maximum Gasteiger partial charge on any atom is 0.160 e. The topological polar surface area (TPSA) is 29.3 Å². The van der Waals surface area contributed by atoms with Crippen LogP contribution in [0.15, 0.2) is 18.2 Å². The summed E-state index contributed by atoms with van der Waals surface area (Å²) in [5.74, 6) is -1.26. The van der Waals surface area contributed by atoms with Crippen molar-refractivity contribution in [2.45, 2.75) is 13.3 Å². The van der Waals surface area contributed by atoms with Crippen LogP contribution in [0.1, 0.15) is 13.3 Å². The zero-order valence-electron chi connectivity index (χ0n) is 9.71. The number of benzene rings is 1. The summed E-state index contributed by atoms with van der Waals surface area (Å²) in [6.45, 7) is 3.42. The van der Waals surface area contributed by atoms with Crippen molar-refractivity contribution < 1.29 is 8.78 Å². The molecular weight excluding hydrogens is 210 g/mol. The third-order valence-electron chi connectivity index (χ3n) is 2.79. The molecule has 0 aliphatic heterocycles. The summed E-state index contributed by atoms with van der Waals surface area (Å²) in [4.78, 5) is 1.89. The molecule has 0 saturated carbocycles. The number of nitrogens with zero attached hydrogens (tertiary/aromatic N) is 1. The number of hydrogen-bond acceptors (Lipinski definition) is 2. The van der Waals surface area contributed by atoms with Gasteiger partial charge in [0.15, 0.2) is 11.6 Å². The molecule has 1 aromatic rings. The second kappa shape index (κ2) is 5.80. The normalized spacial score (nSPS) is 12.6. The Hall–Kier alpha value is -1.16. The van der Waals surface area contributed by atoms with Crippen LogP contribution in [0.5, 0.6) is 0 Å². The van der Waals surface area contributed by atoms with E-state index >= 15 is 0 Å². The van der Waals surface area contributed by atoms with Crippen LogP contribution in [-0.4, -0.2) is 20.1 Å². The van der Waals surface area contributed by atoms with Crippen LogP contribution in [0.3, 0.4) is 0 Å². The van der Waals surface area contributed by atoms with Gasteiger partial charge < -0.3 is 10.6 Å². The lowest BCUT2D eigenvalue weighted by molar-refractivity contribution is 0.504. The Kier molecular flexibility index (Phi) is 4.68. The molecule has 0 bridgehead atoms. The number of rotatable bonds is 5. The SMILES string of the molecule is CCC(CN)CN(C)c1ccc(F)c(F)c1. The molecule has 1 rings (SSSR count). The third kappa shape index (κ3) is 3.17. The highest BCUT2D eigenvalue weighted by molar-refractivity contribution is 5.45. The minimum absolute atomic E-state index is 0.373. The van der Waals surface area contributed by atoms with Gasteiger partial charge in [0, 0.05) is 25.3 Å². The van der Waals surface area contributed by atoms with Gasteiger partial charge in [-0.1, -0.05) is 13.3 Å². The Morgan fingerprint density at radius 2 is 2.00 bits per heavy atom. The predicted molar refractivity (Wildman–Crippen MR) is 62.5 cm³/mol. The Morgan fingerprint density at radius 1 is 1.31 bits per heavy atom. The summed E-state index contributed by atoms with van der Waals surface area (Å²) >= 11 is 0. The third-order valence-corrected chi connectivity index (χ3v) is 2.79. The molecule has 1 aromatic carbocycles. The van der Waals surface area contributed by atoms with E-state index in [9.17, 15) is 8.78 Å². The molecule has 1 unspecified atom stereocenters. The predicted octanol–water partition coefficient (Wildman–Crippen LogP) is 2.39. The van der Waals surface area contributed by atoms with E-state index in [0.717, 1.165) is 19.0 Å². The Balaban J connectivity index is 2.72. The van der Waals surface area contributed by atoms with E-state index in [4.69, 9.17) is 5.73 Å². The fraction of sp³-hybridized carbons (Fsp3) is 0.500. The second-order valence-corrected chi connectivity index (χ2v) is 3.99. The molecule has 0 aliphatic rings. The second-order valence-electron chi connectivity index (χ2n) is 3.99. The molecule has 90 valence electrons. The first-order valence-corrected chi connectivity index (χ1v) is 5.44. The number of hydrogen-bond donors (Lipinski definition) is 1. The van der Waals surface area contributed by atoms with E-state index < -0.39 is 11.6 Å². The molecule has 0 heterocycles. The van der Waals surface area contributed by atoms with Crippen molar-refractivity contribution in [1.29, 1.82) is 0 Å². The number of halogens is 2. The summed E-state index contributed by atoms with van der Waals surface area (Å²) in [5.41, 5.74) is 6.27. The monoisotopic (exact) mass is 228 g/mol. The highest BCUT2D eigenvalue weighted by Crippen LogP contribution is 2.18. The minimum Gasteiger partial charge on any atom is -0.374 e. The fourth-order valence-electron chi connectivity index (χ4n) is 1.59. The van der Waals surface area contributed by atoms with Gasteiger partial charge in [-0.3, -0.25) is 0 Å². The Labute approximate surface area is 95.1 Å². The maximum atomic E-state index is 13.0. The molecule has 2 nitrogen and oxygen atoms in total. The molecule has 0 aromatic heterocycles. The van der Waals surface area contributed by atoms with Crippen molar-refractivity contribution in [3.63, 3.8) is 0 Å². The van der Waals surface area contributed by atoms with Crippen molar-refractivity contribution in [3.05, 3.63) is 29.8 Å². The fourth-order valence-corrected chi connectivity index (χ4v) is 1.59. The first kappa shape index (κ1) is 12.9. The largest absolute Gasteiger partial charge is 0.374 e. The zero-order chi connectivity index (χ0) is 12.1. The minimum atomic E-state index is -0.817. The van der Waals surface area contributed by atoms with Crippen molar-refractivity contribution >= 4 is 5.69 Å². The smallest absolute Gasteiger partial charge is 0.160 e. The summed E-state index contributed by atoms with van der Waals surface area (Å²) in [6.07, 6.45) is 0.977. The highest BCUT2D eigenvalue weighted by Gasteiger charge is 2.10. The molecule has 2 N–H and O–H groups in total. The summed E-state index contributed by atoms with van der Waals surface area (Å²) in [5, 5.41) is 0. The molecule has 1 atom stereocenters. The average molecular weight is 228 g/mol. The van der Waals surface area contributed by atoms with Gasteiger partial charge in [-0.2, -0.15) is 0 Å². The number of nitrogens with two attached hydrogens (primary N) is 1. The van der Waals surface area contributed by atoms with Crippen molar-refractivity contribution in [3.8, 4) is 0 Å². The molecule has 0 radical (unpaired) electrons. The quantitative estimate of drug-likeness (QED) is 0.838. The molecule has 0 spiro atoms. The van der Waals surface area contributed by atoms with Gasteiger partial charge in [-0.15, -0.1) is 0 Å². The van der Waals surface area contributed by atoms with Crippen LogP contribution in [-0.2, 0) is 0 Å². The lowest BCUT2D eigenvalue weighted by atomic mass is 10.1. The van der Waals surface area contributed by atoms with Gasteiger partial charge in [-0.25, -0.2) is 8.78 Å². The van der Waals surface area contributed by atoms with Crippen molar-refractivity contribution in [2.24, 2.45) is 11.7 Å². The molecule has 4 heteroatoms. The number of anilines is 1. The summed E-state index contributed by atoms with van der Waals surface area (Å²) in [6, 6.07) is 3.92. The standard InChI is InChI=1S/C12H18F2N2/c1-3-9(7-15)8-16(2)10-4-5-11(13)12(14)6-10/h4-6,9H,3,7-8,15H2,1-2H3. The molecule has 0 amide bonds. The van der Waals surface area contributed by atoms with Crippen molar-refractivity contribution in [2.75, 3.05) is 25.0 Å². The molecule has 0 saturated heterocycles. The summed E-state index contributed by atoms with van der Waals surface area (Å²) < 4.78 is 25.8. The van der Waals surface area contributed by atoms with Gasteiger partial charge in [0.25, 0.3) is 0 Å². The van der Waals surface area contributed by atoms with Crippen molar-refractivity contribution in [1.82, 2.24) is 0 Å². The first-order valence-electron chi connectivity index (χ1n) is 5.44. The van der Waals surface area contributed by atoms with Crippen LogP contribution in [0.4, 0.5) is 14.5 Å².